The van der Waals surface area contributed by atoms with Crippen molar-refractivity contribution in [3.05, 3.63) is 24.3 Å². The lowest BCUT2D eigenvalue weighted by Gasteiger charge is -2.30. The quantitative estimate of drug-likeness (QED) is 0.783. The summed E-state index contributed by atoms with van der Waals surface area (Å²) in [7, 11) is -1.57. The third kappa shape index (κ3) is 5.38. The number of methoxy groups -OCH3 is 1. The van der Waals surface area contributed by atoms with Crippen molar-refractivity contribution in [2.75, 3.05) is 39.6 Å². The molecule has 1 N–H and O–H groups in total. The number of rotatable bonds is 7. The van der Waals surface area contributed by atoms with E-state index in [0.717, 1.165) is 12.8 Å². The number of benzene rings is 1. The lowest BCUT2D eigenvalue weighted by atomic mass is 9.98. The van der Waals surface area contributed by atoms with Gasteiger partial charge in [-0.2, -0.15) is 0 Å². The van der Waals surface area contributed by atoms with Gasteiger partial charge in [-0.3, -0.25) is 4.79 Å². The molecule has 1 aliphatic heterocycles. The van der Waals surface area contributed by atoms with E-state index in [0.29, 0.717) is 37.1 Å². The minimum absolute atomic E-state index is 0.0808. The molecule has 0 spiro atoms. The Morgan fingerprint density at radius 3 is 2.46 bits per heavy atom. The van der Waals surface area contributed by atoms with E-state index in [1.54, 1.807) is 19.2 Å². The van der Waals surface area contributed by atoms with Crippen LogP contribution in [-0.4, -0.2) is 58.2 Å². The van der Waals surface area contributed by atoms with Crippen LogP contribution in [0.1, 0.15) is 12.8 Å². The van der Waals surface area contributed by atoms with E-state index in [1.165, 1.54) is 10.6 Å². The van der Waals surface area contributed by atoms with E-state index in [1.807, 2.05) is 12.1 Å². The number of sulfonamides is 1. The molecule has 0 saturated carbocycles. The Morgan fingerprint density at radius 2 is 1.88 bits per heavy atom. The Bertz CT molecular complexity index is 654. The van der Waals surface area contributed by atoms with Crippen molar-refractivity contribution in [2.24, 2.45) is 5.92 Å². The average molecular weight is 356 g/mol. The van der Waals surface area contributed by atoms with E-state index in [4.69, 9.17) is 9.47 Å². The normalized spacial score (nSPS) is 16.6. The summed E-state index contributed by atoms with van der Waals surface area (Å²) < 4.78 is 35.0. The highest BCUT2D eigenvalue weighted by Gasteiger charge is 2.25. The smallest absolute Gasteiger partial charge is 0.257 e. The van der Waals surface area contributed by atoms with Crippen LogP contribution >= 0.6 is 0 Å². The number of carbonyl (C=O) groups is 1. The molecule has 1 fully saturated rings. The summed E-state index contributed by atoms with van der Waals surface area (Å²) in [6.45, 7) is 1.47. The SMILES string of the molecule is COc1ccccc1OCC(=O)NCC1CCN(S(C)(=O)=O)CC1. The van der Waals surface area contributed by atoms with E-state index in [-0.39, 0.29) is 12.5 Å². The standard InChI is InChI=1S/C16H24N2O5S/c1-22-14-5-3-4-6-15(14)23-12-16(19)17-11-13-7-9-18(10-8-13)24(2,20)21/h3-6,13H,7-12H2,1-2H3,(H,17,19). The van der Waals surface area contributed by atoms with Crippen LogP contribution < -0.4 is 14.8 Å². The van der Waals surface area contributed by atoms with E-state index < -0.39 is 10.0 Å². The highest BCUT2D eigenvalue weighted by atomic mass is 32.2. The van der Waals surface area contributed by atoms with Crippen LogP contribution in [0.3, 0.4) is 0 Å². The average Bonchev–Trinajstić information content (AvgIpc) is 2.58. The number of nitrogens with zero attached hydrogens (tertiary/aromatic N) is 1. The van der Waals surface area contributed by atoms with E-state index in [2.05, 4.69) is 5.32 Å². The number of hydrogen-bond donors (Lipinski definition) is 1. The van der Waals surface area contributed by atoms with Gasteiger partial charge in [-0.25, -0.2) is 12.7 Å². The molecule has 2 rings (SSSR count). The second-order valence-electron chi connectivity index (χ2n) is 5.85. The van der Waals surface area contributed by atoms with Crippen LogP contribution in [0.15, 0.2) is 24.3 Å². The molecule has 0 bridgehead atoms. The van der Waals surface area contributed by atoms with Crippen LogP contribution in [0.5, 0.6) is 11.5 Å². The van der Waals surface area contributed by atoms with Gasteiger partial charge in [0, 0.05) is 19.6 Å². The lowest BCUT2D eigenvalue weighted by molar-refractivity contribution is -0.123. The van der Waals surface area contributed by atoms with Gasteiger partial charge in [-0.15, -0.1) is 0 Å². The molecule has 24 heavy (non-hydrogen) atoms. The molecule has 0 aliphatic carbocycles. The monoisotopic (exact) mass is 356 g/mol. The number of carbonyl (C=O) groups excluding carboxylic acids is 1. The molecule has 1 aromatic rings. The maximum absolute atomic E-state index is 11.9. The summed E-state index contributed by atoms with van der Waals surface area (Å²) in [5.41, 5.74) is 0. The number of piperidine rings is 1. The molecule has 1 aromatic carbocycles. The summed E-state index contributed by atoms with van der Waals surface area (Å²) in [5, 5.41) is 2.84. The van der Waals surface area contributed by atoms with Gasteiger partial charge >= 0.3 is 0 Å². The van der Waals surface area contributed by atoms with Crippen LogP contribution in [-0.2, 0) is 14.8 Å². The third-order valence-corrected chi connectivity index (χ3v) is 5.36. The van der Waals surface area contributed by atoms with Crippen molar-refractivity contribution in [1.29, 1.82) is 0 Å². The van der Waals surface area contributed by atoms with Crippen molar-refractivity contribution in [1.82, 2.24) is 9.62 Å². The Hall–Kier alpha value is -1.80. The van der Waals surface area contributed by atoms with Crippen molar-refractivity contribution < 1.29 is 22.7 Å². The first kappa shape index (κ1) is 18.5. The number of ether oxygens (including phenoxy) is 2. The zero-order valence-corrected chi connectivity index (χ0v) is 14.8. The molecule has 0 aromatic heterocycles. The topological polar surface area (TPSA) is 84.9 Å². The third-order valence-electron chi connectivity index (χ3n) is 4.06. The minimum atomic E-state index is -3.11. The van der Waals surface area contributed by atoms with Gasteiger partial charge in [-0.1, -0.05) is 12.1 Å². The predicted molar refractivity (Wildman–Crippen MR) is 90.6 cm³/mol. The molecular weight excluding hydrogens is 332 g/mol. The minimum Gasteiger partial charge on any atom is -0.493 e. The first-order valence-corrected chi connectivity index (χ1v) is 9.72. The molecule has 1 aliphatic rings. The molecule has 134 valence electrons. The van der Waals surface area contributed by atoms with Crippen LogP contribution in [0.2, 0.25) is 0 Å². The second kappa shape index (κ2) is 8.34. The van der Waals surface area contributed by atoms with Gasteiger partial charge in [0.25, 0.3) is 5.91 Å². The van der Waals surface area contributed by atoms with Crippen molar-refractivity contribution >= 4 is 15.9 Å². The van der Waals surface area contributed by atoms with E-state index >= 15 is 0 Å². The fourth-order valence-corrected chi connectivity index (χ4v) is 3.51. The molecular formula is C16H24N2O5S. The number of nitrogens with one attached hydrogen (secondary N) is 1. The van der Waals surface area contributed by atoms with Gasteiger partial charge in [0.15, 0.2) is 18.1 Å². The van der Waals surface area contributed by atoms with Gasteiger partial charge in [0.2, 0.25) is 10.0 Å². The molecule has 1 saturated heterocycles. The molecule has 1 heterocycles. The van der Waals surface area contributed by atoms with E-state index in [9.17, 15) is 13.2 Å². The predicted octanol–water partition coefficient (Wildman–Crippen LogP) is 0.862. The number of hydrogen-bond acceptors (Lipinski definition) is 5. The first-order chi connectivity index (χ1) is 11.4. The first-order valence-electron chi connectivity index (χ1n) is 7.88. The zero-order chi connectivity index (χ0) is 17.6. The van der Waals surface area contributed by atoms with Crippen molar-refractivity contribution in [3.8, 4) is 11.5 Å². The van der Waals surface area contributed by atoms with Crippen molar-refractivity contribution in [3.63, 3.8) is 0 Å². The largest absolute Gasteiger partial charge is 0.493 e. The molecule has 0 radical (unpaired) electrons. The molecule has 8 heteroatoms. The van der Waals surface area contributed by atoms with Crippen LogP contribution in [0.4, 0.5) is 0 Å². The van der Waals surface area contributed by atoms with Crippen LogP contribution in [0.25, 0.3) is 0 Å². The van der Waals surface area contributed by atoms with Crippen molar-refractivity contribution in [2.45, 2.75) is 12.8 Å². The van der Waals surface area contributed by atoms with Crippen LogP contribution in [0, 0.1) is 5.92 Å². The Balaban J connectivity index is 1.71. The number of para-hydroxylation sites is 2. The summed E-state index contributed by atoms with van der Waals surface area (Å²) in [6, 6.07) is 7.15. The molecule has 0 atom stereocenters. The Morgan fingerprint density at radius 1 is 1.25 bits per heavy atom. The zero-order valence-electron chi connectivity index (χ0n) is 14.0. The Kier molecular flexibility index (Phi) is 6.44. The van der Waals surface area contributed by atoms with Gasteiger partial charge in [0.05, 0.1) is 13.4 Å². The molecule has 1 amide bonds. The molecule has 0 unspecified atom stereocenters. The van der Waals surface area contributed by atoms with Gasteiger partial charge in [0.1, 0.15) is 0 Å². The fraction of sp³-hybridized carbons (Fsp3) is 0.562. The highest BCUT2D eigenvalue weighted by Crippen LogP contribution is 2.25. The molecule has 7 nitrogen and oxygen atoms in total. The summed E-state index contributed by atoms with van der Waals surface area (Å²) >= 11 is 0. The Labute approximate surface area is 143 Å². The second-order valence-corrected chi connectivity index (χ2v) is 7.83. The highest BCUT2D eigenvalue weighted by molar-refractivity contribution is 7.88. The maximum Gasteiger partial charge on any atom is 0.257 e. The summed E-state index contributed by atoms with van der Waals surface area (Å²) in [6.07, 6.45) is 2.73. The maximum atomic E-state index is 11.9. The fourth-order valence-electron chi connectivity index (χ4n) is 2.64. The number of amides is 1. The van der Waals surface area contributed by atoms with Gasteiger partial charge < -0.3 is 14.8 Å². The summed E-state index contributed by atoms with van der Waals surface area (Å²) in [4.78, 5) is 11.9. The summed E-state index contributed by atoms with van der Waals surface area (Å²) in [5.74, 6) is 1.19. The lowest BCUT2D eigenvalue weighted by Crippen LogP contribution is -2.41. The van der Waals surface area contributed by atoms with Gasteiger partial charge in [-0.05, 0) is 30.9 Å².